The Morgan fingerprint density at radius 2 is 2.10 bits per heavy atom. The number of aliphatic hydroxyl groups excluding tert-OH is 2. The number of nitrogens with zero attached hydrogens (tertiary/aromatic N) is 1. The molecule has 0 saturated heterocycles. The van der Waals surface area contributed by atoms with Crippen molar-refractivity contribution in [3.05, 3.63) is 45.7 Å². The summed E-state index contributed by atoms with van der Waals surface area (Å²) >= 11 is 0. The van der Waals surface area contributed by atoms with E-state index in [0.717, 1.165) is 5.56 Å². The Morgan fingerprint density at radius 3 is 2.70 bits per heavy atom. The van der Waals surface area contributed by atoms with Crippen molar-refractivity contribution >= 4 is 16.9 Å². The van der Waals surface area contributed by atoms with Crippen LogP contribution in [0.2, 0.25) is 0 Å². The average molecular weight is 277 g/mol. The summed E-state index contributed by atoms with van der Waals surface area (Å²) in [6.07, 6.45) is 0.181. The molecule has 3 N–H and O–H groups in total. The van der Waals surface area contributed by atoms with Crippen molar-refractivity contribution in [2.45, 2.75) is 19.6 Å². The molecule has 0 radical (unpaired) electrons. The first kappa shape index (κ1) is 14.2. The van der Waals surface area contributed by atoms with E-state index in [4.69, 9.17) is 10.2 Å². The number of carboxylic acids is 1. The van der Waals surface area contributed by atoms with Gasteiger partial charge in [-0.1, -0.05) is 12.1 Å². The van der Waals surface area contributed by atoms with Crippen molar-refractivity contribution in [2.24, 2.45) is 0 Å². The molecule has 0 aliphatic rings. The fourth-order valence-corrected chi connectivity index (χ4v) is 2.23. The van der Waals surface area contributed by atoms with Crippen LogP contribution in [0.5, 0.6) is 0 Å². The molecule has 0 amide bonds. The summed E-state index contributed by atoms with van der Waals surface area (Å²) in [6, 6.07) is 5.03. The first-order valence-electron chi connectivity index (χ1n) is 6.10. The third-order valence-corrected chi connectivity index (χ3v) is 3.15. The second-order valence-electron chi connectivity index (χ2n) is 4.64. The molecule has 0 aliphatic heterocycles. The van der Waals surface area contributed by atoms with Gasteiger partial charge in [0.2, 0.25) is 5.43 Å². The number of benzene rings is 1. The normalized spacial score (nSPS) is 12.6. The van der Waals surface area contributed by atoms with Gasteiger partial charge >= 0.3 is 5.97 Å². The van der Waals surface area contributed by atoms with Crippen molar-refractivity contribution in [3.63, 3.8) is 0 Å². The van der Waals surface area contributed by atoms with E-state index in [0.29, 0.717) is 5.52 Å². The van der Waals surface area contributed by atoms with Crippen molar-refractivity contribution in [2.75, 3.05) is 6.61 Å². The number of aromatic nitrogens is 1. The zero-order valence-electron chi connectivity index (χ0n) is 10.9. The second-order valence-corrected chi connectivity index (χ2v) is 4.64. The van der Waals surface area contributed by atoms with Gasteiger partial charge in [-0.3, -0.25) is 4.79 Å². The Labute approximate surface area is 114 Å². The van der Waals surface area contributed by atoms with Crippen LogP contribution in [0.3, 0.4) is 0 Å². The molecule has 106 valence electrons. The van der Waals surface area contributed by atoms with E-state index in [1.807, 2.05) is 0 Å². The number of aliphatic hydroxyl groups is 2. The molecule has 1 aromatic carbocycles. The van der Waals surface area contributed by atoms with Gasteiger partial charge in [-0.15, -0.1) is 0 Å². The number of pyridine rings is 1. The number of carbonyl (C=O) groups is 1. The fraction of sp³-hybridized carbons (Fsp3) is 0.286. The lowest BCUT2D eigenvalue weighted by Gasteiger charge is -2.16. The van der Waals surface area contributed by atoms with E-state index in [1.165, 1.54) is 10.8 Å². The van der Waals surface area contributed by atoms with Gasteiger partial charge < -0.3 is 19.9 Å². The van der Waals surface area contributed by atoms with E-state index < -0.39 is 24.1 Å². The van der Waals surface area contributed by atoms with Gasteiger partial charge in [-0.2, -0.15) is 0 Å². The minimum Gasteiger partial charge on any atom is -0.477 e. The molecule has 2 rings (SSSR count). The molecule has 2 aromatic rings. The Bertz CT molecular complexity index is 719. The Kier molecular flexibility index (Phi) is 3.87. The van der Waals surface area contributed by atoms with Gasteiger partial charge in [0, 0.05) is 11.6 Å². The van der Waals surface area contributed by atoms with Gasteiger partial charge in [0.05, 0.1) is 24.8 Å². The van der Waals surface area contributed by atoms with Crippen LogP contribution in [-0.2, 0) is 6.54 Å². The second kappa shape index (κ2) is 5.44. The molecule has 6 nitrogen and oxygen atoms in total. The van der Waals surface area contributed by atoms with Gasteiger partial charge in [0.25, 0.3) is 0 Å². The summed E-state index contributed by atoms with van der Waals surface area (Å²) in [7, 11) is 0. The predicted molar refractivity (Wildman–Crippen MR) is 73.0 cm³/mol. The molecule has 0 bridgehead atoms. The molecule has 1 aromatic heterocycles. The monoisotopic (exact) mass is 277 g/mol. The van der Waals surface area contributed by atoms with Crippen LogP contribution in [-0.4, -0.2) is 38.6 Å². The van der Waals surface area contributed by atoms with Crippen LogP contribution >= 0.6 is 0 Å². The van der Waals surface area contributed by atoms with Gasteiger partial charge in [-0.05, 0) is 18.6 Å². The van der Waals surface area contributed by atoms with Crippen molar-refractivity contribution < 1.29 is 20.1 Å². The summed E-state index contributed by atoms with van der Waals surface area (Å²) in [5, 5.41) is 27.9. The molecular formula is C14H15NO5. The highest BCUT2D eigenvalue weighted by atomic mass is 16.4. The first-order chi connectivity index (χ1) is 9.45. The number of rotatable bonds is 4. The molecule has 0 spiro atoms. The molecule has 20 heavy (non-hydrogen) atoms. The quantitative estimate of drug-likeness (QED) is 0.749. The molecular weight excluding hydrogens is 262 g/mol. The Hall–Kier alpha value is -2.18. The summed E-state index contributed by atoms with van der Waals surface area (Å²) in [6.45, 7) is 1.37. The number of para-hydroxylation sites is 1. The highest BCUT2D eigenvalue weighted by Crippen LogP contribution is 2.17. The Balaban J connectivity index is 2.80. The standard InChI is InChI=1S/C14H15NO5/c1-8-3-2-4-10-12(8)15(5-9(17)7-16)6-11(13(10)18)14(19)20/h2-4,6,9,16-17H,5,7H2,1H3,(H,19,20). The minimum absolute atomic E-state index is 0.0123. The van der Waals surface area contributed by atoms with E-state index in [1.54, 1.807) is 25.1 Å². The number of hydrogen-bond donors (Lipinski definition) is 3. The van der Waals surface area contributed by atoms with Crippen LogP contribution in [0, 0.1) is 6.92 Å². The minimum atomic E-state index is -1.31. The predicted octanol–water partition coefficient (Wildman–Crippen LogP) is 0.361. The maximum Gasteiger partial charge on any atom is 0.341 e. The highest BCUT2D eigenvalue weighted by molar-refractivity contribution is 5.93. The van der Waals surface area contributed by atoms with Gasteiger partial charge in [0.15, 0.2) is 0 Å². The summed E-state index contributed by atoms with van der Waals surface area (Å²) in [4.78, 5) is 23.3. The van der Waals surface area contributed by atoms with Crippen LogP contribution in [0.1, 0.15) is 15.9 Å². The number of fused-ring (bicyclic) bond motifs is 1. The van der Waals surface area contributed by atoms with Crippen molar-refractivity contribution in [3.8, 4) is 0 Å². The molecule has 1 atom stereocenters. The maximum absolute atomic E-state index is 12.1. The number of aromatic carboxylic acids is 1. The lowest BCUT2D eigenvalue weighted by molar-refractivity contribution is 0.0691. The number of carboxylic acid groups (broad SMARTS) is 1. The first-order valence-corrected chi connectivity index (χ1v) is 6.10. The largest absolute Gasteiger partial charge is 0.477 e. The lowest BCUT2D eigenvalue weighted by Crippen LogP contribution is -2.25. The van der Waals surface area contributed by atoms with Crippen LogP contribution in [0.4, 0.5) is 0 Å². The van der Waals surface area contributed by atoms with E-state index in [-0.39, 0.29) is 17.5 Å². The SMILES string of the molecule is Cc1cccc2c(=O)c(C(=O)O)cn(CC(O)CO)c12. The Morgan fingerprint density at radius 1 is 1.40 bits per heavy atom. The van der Waals surface area contributed by atoms with Crippen molar-refractivity contribution in [1.29, 1.82) is 0 Å². The van der Waals surface area contributed by atoms with E-state index in [9.17, 15) is 14.7 Å². The van der Waals surface area contributed by atoms with Crippen LogP contribution < -0.4 is 5.43 Å². The number of hydrogen-bond acceptors (Lipinski definition) is 4. The fourth-order valence-electron chi connectivity index (χ4n) is 2.23. The van der Waals surface area contributed by atoms with Gasteiger partial charge in [0.1, 0.15) is 5.56 Å². The summed E-state index contributed by atoms with van der Waals surface area (Å²) in [5.41, 5.74) is 0.454. The molecule has 0 fully saturated rings. The zero-order chi connectivity index (χ0) is 14.9. The summed E-state index contributed by atoms with van der Waals surface area (Å²) in [5.74, 6) is -1.31. The van der Waals surface area contributed by atoms with E-state index in [2.05, 4.69) is 0 Å². The highest BCUT2D eigenvalue weighted by Gasteiger charge is 2.16. The van der Waals surface area contributed by atoms with Crippen LogP contribution in [0.15, 0.2) is 29.2 Å². The maximum atomic E-state index is 12.1. The molecule has 0 saturated carbocycles. The van der Waals surface area contributed by atoms with Gasteiger partial charge in [-0.25, -0.2) is 4.79 Å². The zero-order valence-corrected chi connectivity index (χ0v) is 10.9. The molecule has 1 unspecified atom stereocenters. The molecule has 1 heterocycles. The lowest BCUT2D eigenvalue weighted by atomic mass is 10.1. The number of aryl methyl sites for hydroxylation is 1. The topological polar surface area (TPSA) is 99.8 Å². The third-order valence-electron chi connectivity index (χ3n) is 3.15. The van der Waals surface area contributed by atoms with Crippen molar-refractivity contribution in [1.82, 2.24) is 4.57 Å². The van der Waals surface area contributed by atoms with Crippen LogP contribution in [0.25, 0.3) is 10.9 Å². The average Bonchev–Trinajstić information content (AvgIpc) is 2.41. The third kappa shape index (κ3) is 2.43. The smallest absolute Gasteiger partial charge is 0.341 e. The molecule has 6 heteroatoms. The summed E-state index contributed by atoms with van der Waals surface area (Å²) < 4.78 is 1.50. The molecule has 0 aliphatic carbocycles. The van der Waals surface area contributed by atoms with E-state index >= 15 is 0 Å².